The van der Waals surface area contributed by atoms with E-state index >= 15 is 0 Å². The molecule has 0 bridgehead atoms. The molecule has 5 heteroatoms. The van der Waals surface area contributed by atoms with Gasteiger partial charge in [-0.3, -0.25) is 9.48 Å². The van der Waals surface area contributed by atoms with Crippen LogP contribution in [-0.2, 0) is 17.8 Å². The van der Waals surface area contributed by atoms with Crippen LogP contribution in [0.25, 0.3) is 0 Å². The van der Waals surface area contributed by atoms with Gasteiger partial charge in [-0.1, -0.05) is 12.8 Å². The molecular formula is C14H24BrN3O. The maximum atomic E-state index is 12.0. The number of aromatic nitrogens is 2. The molecule has 0 aliphatic heterocycles. The fourth-order valence-corrected chi connectivity index (χ4v) is 2.56. The number of hydrogen-bond acceptors (Lipinski definition) is 3. The van der Waals surface area contributed by atoms with E-state index in [1.807, 2.05) is 18.5 Å². The van der Waals surface area contributed by atoms with Crippen LogP contribution >= 0.6 is 15.9 Å². The highest BCUT2D eigenvalue weighted by Crippen LogP contribution is 2.22. The number of hydrogen-bond donors (Lipinski definition) is 1. The van der Waals surface area contributed by atoms with Gasteiger partial charge < -0.3 is 5.73 Å². The molecule has 0 radical (unpaired) electrons. The highest BCUT2D eigenvalue weighted by atomic mass is 79.9. The van der Waals surface area contributed by atoms with E-state index in [9.17, 15) is 4.79 Å². The van der Waals surface area contributed by atoms with E-state index in [4.69, 9.17) is 5.73 Å². The Morgan fingerprint density at radius 3 is 2.63 bits per heavy atom. The summed E-state index contributed by atoms with van der Waals surface area (Å²) in [6, 6.07) is 0. The molecule has 0 saturated heterocycles. The van der Waals surface area contributed by atoms with Crippen LogP contribution in [0.5, 0.6) is 0 Å². The molecule has 0 saturated carbocycles. The van der Waals surface area contributed by atoms with E-state index in [2.05, 4.69) is 21.0 Å². The first-order valence-corrected chi connectivity index (χ1v) is 7.83. The first-order valence-electron chi connectivity index (χ1n) is 7.03. The lowest BCUT2D eigenvalue weighted by molar-refractivity contribution is -0.118. The second kappa shape index (κ2) is 8.48. The third kappa shape index (κ3) is 5.07. The Kier molecular flexibility index (Phi) is 7.31. The van der Waals surface area contributed by atoms with Gasteiger partial charge in [0.1, 0.15) is 5.78 Å². The Labute approximate surface area is 123 Å². The Morgan fingerprint density at radius 2 is 2.00 bits per heavy atom. The van der Waals surface area contributed by atoms with Gasteiger partial charge in [-0.15, -0.1) is 0 Å². The smallest absolute Gasteiger partial charge is 0.138 e. The van der Waals surface area contributed by atoms with Crippen molar-refractivity contribution < 1.29 is 4.79 Å². The number of rotatable bonds is 9. The van der Waals surface area contributed by atoms with Gasteiger partial charge in [0.25, 0.3) is 0 Å². The van der Waals surface area contributed by atoms with Gasteiger partial charge in [0.15, 0.2) is 0 Å². The molecule has 0 aliphatic rings. The van der Waals surface area contributed by atoms with E-state index in [0.717, 1.165) is 54.6 Å². The van der Waals surface area contributed by atoms with Crippen LogP contribution in [0, 0.1) is 6.92 Å². The number of unbranched alkanes of at least 4 members (excludes halogenated alkanes) is 3. The van der Waals surface area contributed by atoms with Gasteiger partial charge in [-0.25, -0.2) is 0 Å². The zero-order valence-corrected chi connectivity index (χ0v) is 13.5. The highest BCUT2D eigenvalue weighted by molar-refractivity contribution is 9.10. The topological polar surface area (TPSA) is 60.9 Å². The highest BCUT2D eigenvalue weighted by Gasteiger charge is 2.15. The first kappa shape index (κ1) is 16.4. The molecule has 0 aliphatic carbocycles. The fourth-order valence-electron chi connectivity index (χ4n) is 2.13. The number of carbonyl (C=O) groups is 1. The van der Waals surface area contributed by atoms with E-state index in [1.165, 1.54) is 0 Å². The summed E-state index contributed by atoms with van der Waals surface area (Å²) in [4.78, 5) is 12.0. The zero-order valence-electron chi connectivity index (χ0n) is 11.9. The van der Waals surface area contributed by atoms with Gasteiger partial charge in [0.05, 0.1) is 15.9 Å². The number of nitrogens with zero attached hydrogens (tertiary/aromatic N) is 2. The van der Waals surface area contributed by atoms with Crippen molar-refractivity contribution in [3.63, 3.8) is 0 Å². The van der Waals surface area contributed by atoms with Gasteiger partial charge in [-0.2, -0.15) is 5.10 Å². The standard InChI is InChI=1S/C14H24BrN3O/c1-3-18-13(14(15)11(2)17-18)10-12(19)8-6-4-5-7-9-16/h3-10,16H2,1-2H3. The van der Waals surface area contributed by atoms with Crippen molar-refractivity contribution in [1.29, 1.82) is 0 Å². The third-order valence-corrected chi connectivity index (χ3v) is 4.26. The summed E-state index contributed by atoms with van der Waals surface area (Å²) in [7, 11) is 0. The average Bonchev–Trinajstić information content (AvgIpc) is 2.66. The lowest BCUT2D eigenvalue weighted by Gasteiger charge is -2.05. The number of nitrogens with two attached hydrogens (primary N) is 1. The van der Waals surface area contributed by atoms with Gasteiger partial charge >= 0.3 is 0 Å². The van der Waals surface area contributed by atoms with Crippen LogP contribution in [0.3, 0.4) is 0 Å². The molecule has 0 spiro atoms. The van der Waals surface area contributed by atoms with Crippen molar-refractivity contribution in [3.8, 4) is 0 Å². The number of aryl methyl sites for hydroxylation is 2. The fraction of sp³-hybridized carbons (Fsp3) is 0.714. The summed E-state index contributed by atoms with van der Waals surface area (Å²) in [5, 5.41) is 4.41. The molecule has 0 aromatic carbocycles. The molecule has 0 unspecified atom stereocenters. The van der Waals surface area contributed by atoms with Crippen molar-refractivity contribution in [2.45, 2.75) is 58.9 Å². The third-order valence-electron chi connectivity index (χ3n) is 3.23. The summed E-state index contributed by atoms with van der Waals surface area (Å²) >= 11 is 3.52. The molecule has 1 aromatic rings. The van der Waals surface area contributed by atoms with E-state index in [1.54, 1.807) is 0 Å². The minimum Gasteiger partial charge on any atom is -0.330 e. The van der Waals surface area contributed by atoms with E-state index < -0.39 is 0 Å². The molecule has 2 N–H and O–H groups in total. The predicted molar refractivity (Wildman–Crippen MR) is 81.2 cm³/mol. The molecule has 1 rings (SSSR count). The van der Waals surface area contributed by atoms with E-state index in [-0.39, 0.29) is 0 Å². The summed E-state index contributed by atoms with van der Waals surface area (Å²) in [6.45, 7) is 5.54. The Morgan fingerprint density at radius 1 is 1.32 bits per heavy atom. The van der Waals surface area contributed by atoms with Crippen LogP contribution in [0.15, 0.2) is 4.47 Å². The molecule has 19 heavy (non-hydrogen) atoms. The zero-order chi connectivity index (χ0) is 14.3. The lowest BCUT2D eigenvalue weighted by atomic mass is 10.1. The van der Waals surface area contributed by atoms with Crippen LogP contribution in [0.1, 0.15) is 50.4 Å². The molecule has 0 amide bonds. The second-order valence-electron chi connectivity index (χ2n) is 4.83. The quantitative estimate of drug-likeness (QED) is 0.708. The van der Waals surface area contributed by atoms with Crippen LogP contribution < -0.4 is 5.73 Å². The minimum absolute atomic E-state index is 0.294. The Bertz CT molecular complexity index is 415. The minimum atomic E-state index is 0.294. The maximum Gasteiger partial charge on any atom is 0.138 e. The summed E-state index contributed by atoms with van der Waals surface area (Å²) in [5.41, 5.74) is 7.40. The van der Waals surface area contributed by atoms with Crippen LogP contribution in [0.2, 0.25) is 0 Å². The lowest BCUT2D eigenvalue weighted by Crippen LogP contribution is -2.09. The number of halogens is 1. The normalized spacial score (nSPS) is 10.9. The Hall–Kier alpha value is -0.680. The SMILES string of the molecule is CCn1nc(C)c(Br)c1CC(=O)CCCCCCN. The van der Waals surface area contributed by atoms with Crippen molar-refractivity contribution in [2.75, 3.05) is 6.54 Å². The van der Waals surface area contributed by atoms with E-state index in [0.29, 0.717) is 18.6 Å². The van der Waals surface area contributed by atoms with Crippen molar-refractivity contribution >= 4 is 21.7 Å². The van der Waals surface area contributed by atoms with Crippen molar-refractivity contribution in [1.82, 2.24) is 9.78 Å². The van der Waals surface area contributed by atoms with Crippen molar-refractivity contribution in [2.24, 2.45) is 5.73 Å². The first-order chi connectivity index (χ1) is 9.10. The molecule has 4 nitrogen and oxygen atoms in total. The monoisotopic (exact) mass is 329 g/mol. The Balaban J connectivity index is 2.44. The number of carbonyl (C=O) groups excluding carboxylic acids is 1. The molecule has 1 heterocycles. The predicted octanol–water partition coefficient (Wildman–Crippen LogP) is 2.99. The summed E-state index contributed by atoms with van der Waals surface area (Å²) in [5.74, 6) is 0.294. The van der Waals surface area contributed by atoms with Crippen molar-refractivity contribution in [3.05, 3.63) is 15.9 Å². The second-order valence-corrected chi connectivity index (χ2v) is 5.62. The van der Waals surface area contributed by atoms with Gasteiger partial charge in [-0.05, 0) is 49.2 Å². The molecule has 0 atom stereocenters. The molecular weight excluding hydrogens is 306 g/mol. The molecule has 108 valence electrons. The van der Waals surface area contributed by atoms with Crippen LogP contribution in [0.4, 0.5) is 0 Å². The average molecular weight is 330 g/mol. The van der Waals surface area contributed by atoms with Gasteiger partial charge in [0, 0.05) is 19.4 Å². The molecule has 1 aromatic heterocycles. The van der Waals surface area contributed by atoms with Crippen LogP contribution in [-0.4, -0.2) is 22.1 Å². The summed E-state index contributed by atoms with van der Waals surface area (Å²) in [6.07, 6.45) is 5.38. The largest absolute Gasteiger partial charge is 0.330 e. The molecule has 0 fully saturated rings. The van der Waals surface area contributed by atoms with Gasteiger partial charge in [0.2, 0.25) is 0 Å². The summed E-state index contributed by atoms with van der Waals surface area (Å²) < 4.78 is 2.89. The number of Topliss-reactive ketones (excluding diaryl/α,β-unsaturated/α-hetero) is 1. The number of ketones is 1. The maximum absolute atomic E-state index is 12.0.